The summed E-state index contributed by atoms with van der Waals surface area (Å²) < 4.78 is 0. The van der Waals surface area contributed by atoms with E-state index in [9.17, 15) is 0 Å². The first-order valence-corrected chi connectivity index (χ1v) is 7.49. The van der Waals surface area contributed by atoms with E-state index >= 15 is 0 Å². The highest BCUT2D eigenvalue weighted by Crippen LogP contribution is 2.24. The van der Waals surface area contributed by atoms with Gasteiger partial charge in [0.15, 0.2) is 0 Å². The number of rotatable bonds is 5. The molecule has 1 aliphatic rings. The molecule has 0 unspecified atom stereocenters. The molecule has 108 valence electrons. The molecule has 0 bridgehead atoms. The Balaban J connectivity index is 2.32. The van der Waals surface area contributed by atoms with Crippen LogP contribution in [0.5, 0.6) is 0 Å². The topological polar surface area (TPSA) is 12.0 Å². The largest absolute Gasteiger partial charge is 0.385 e. The van der Waals surface area contributed by atoms with Gasteiger partial charge in [-0.2, -0.15) is 0 Å². The van der Waals surface area contributed by atoms with Crippen LogP contribution in [0.25, 0.3) is 11.3 Å². The summed E-state index contributed by atoms with van der Waals surface area (Å²) in [6.45, 7) is 9.14. The van der Waals surface area contributed by atoms with Crippen LogP contribution in [0.2, 0.25) is 0 Å². The van der Waals surface area contributed by atoms with Crippen LogP contribution in [0.15, 0.2) is 72.9 Å². The Bertz CT molecular complexity index is 610. The molecule has 0 heterocycles. The third-order valence-corrected chi connectivity index (χ3v) is 3.47. The molecule has 1 N–H and O–H groups in total. The monoisotopic (exact) mass is 277 g/mol. The average Bonchev–Trinajstić information content (AvgIpc) is 2.54. The summed E-state index contributed by atoms with van der Waals surface area (Å²) in [5.74, 6) is 0. The molecule has 1 aliphatic carbocycles. The van der Waals surface area contributed by atoms with Crippen LogP contribution in [0.3, 0.4) is 0 Å². The minimum atomic E-state index is 0.920. The molecule has 1 aromatic rings. The van der Waals surface area contributed by atoms with Crippen molar-refractivity contribution < 1.29 is 0 Å². The maximum absolute atomic E-state index is 4.08. The molecule has 0 aliphatic heterocycles. The van der Waals surface area contributed by atoms with E-state index in [2.05, 4.69) is 67.4 Å². The third kappa shape index (κ3) is 3.85. The van der Waals surface area contributed by atoms with Crippen molar-refractivity contribution in [3.8, 4) is 0 Å². The van der Waals surface area contributed by atoms with Crippen molar-refractivity contribution in [1.29, 1.82) is 0 Å². The smallest absolute Gasteiger partial charge is 0.0449 e. The zero-order valence-corrected chi connectivity index (χ0v) is 12.9. The van der Waals surface area contributed by atoms with Gasteiger partial charge in [-0.1, -0.05) is 67.3 Å². The number of benzene rings is 1. The number of hydrogen-bond donors (Lipinski definition) is 1. The minimum absolute atomic E-state index is 0.920. The van der Waals surface area contributed by atoms with Crippen LogP contribution >= 0.6 is 0 Å². The molecule has 0 atom stereocenters. The highest BCUT2D eigenvalue weighted by Gasteiger charge is 2.07. The molecule has 0 spiro atoms. The molecule has 0 aromatic heterocycles. The molecule has 1 aromatic carbocycles. The summed E-state index contributed by atoms with van der Waals surface area (Å²) in [7, 11) is 0. The summed E-state index contributed by atoms with van der Waals surface area (Å²) in [4.78, 5) is 0. The predicted octanol–water partition coefficient (Wildman–Crippen LogP) is 5.11. The standard InChI is InChI=1S/C20H23N/c1-4-9-16(3)17-12-14-19(15-13-17)20(21-5-2)18-10-7-6-8-11-18/h4,6-10,12-15,21H,3,5,11H2,1-2H3/b9-4-,20-18-. The van der Waals surface area contributed by atoms with Crippen LogP contribution in [0, 0.1) is 0 Å². The lowest BCUT2D eigenvalue weighted by molar-refractivity contribution is 0.928. The van der Waals surface area contributed by atoms with Crippen molar-refractivity contribution in [1.82, 2.24) is 5.32 Å². The maximum Gasteiger partial charge on any atom is 0.0449 e. The van der Waals surface area contributed by atoms with Crippen molar-refractivity contribution in [2.45, 2.75) is 20.3 Å². The summed E-state index contributed by atoms with van der Waals surface area (Å²) in [6, 6.07) is 8.61. The van der Waals surface area contributed by atoms with Gasteiger partial charge in [0, 0.05) is 12.2 Å². The third-order valence-electron chi connectivity index (χ3n) is 3.47. The second kappa shape index (κ2) is 7.49. The highest BCUT2D eigenvalue weighted by molar-refractivity contribution is 5.75. The molecule has 0 saturated heterocycles. The van der Waals surface area contributed by atoms with E-state index in [1.54, 1.807) is 0 Å². The van der Waals surface area contributed by atoms with E-state index in [0.29, 0.717) is 0 Å². The minimum Gasteiger partial charge on any atom is -0.385 e. The fraction of sp³-hybridized carbons (Fsp3) is 0.200. The van der Waals surface area contributed by atoms with Gasteiger partial charge in [-0.05, 0) is 42.5 Å². The van der Waals surface area contributed by atoms with Crippen molar-refractivity contribution in [2.24, 2.45) is 0 Å². The van der Waals surface area contributed by atoms with Crippen LogP contribution in [-0.2, 0) is 0 Å². The second-order valence-corrected chi connectivity index (χ2v) is 5.02. The van der Waals surface area contributed by atoms with E-state index in [1.807, 2.05) is 19.1 Å². The van der Waals surface area contributed by atoms with Gasteiger partial charge in [-0.15, -0.1) is 0 Å². The zero-order chi connectivity index (χ0) is 15.1. The Labute approximate surface area is 128 Å². The Morgan fingerprint density at radius 1 is 1.19 bits per heavy atom. The van der Waals surface area contributed by atoms with E-state index < -0.39 is 0 Å². The fourth-order valence-corrected chi connectivity index (χ4v) is 2.42. The first-order chi connectivity index (χ1) is 10.3. The van der Waals surface area contributed by atoms with Crippen molar-refractivity contribution in [3.63, 3.8) is 0 Å². The predicted molar refractivity (Wildman–Crippen MR) is 93.8 cm³/mol. The van der Waals surface area contributed by atoms with Gasteiger partial charge in [-0.3, -0.25) is 0 Å². The lowest BCUT2D eigenvalue weighted by Crippen LogP contribution is -2.13. The van der Waals surface area contributed by atoms with Crippen LogP contribution in [0.1, 0.15) is 31.4 Å². The van der Waals surface area contributed by atoms with Gasteiger partial charge in [0.25, 0.3) is 0 Å². The first kappa shape index (κ1) is 15.1. The molecule has 0 radical (unpaired) electrons. The van der Waals surface area contributed by atoms with Gasteiger partial charge in [-0.25, -0.2) is 0 Å². The van der Waals surface area contributed by atoms with Crippen molar-refractivity contribution in [2.75, 3.05) is 6.54 Å². The lowest BCUT2D eigenvalue weighted by atomic mass is 9.98. The van der Waals surface area contributed by atoms with Gasteiger partial charge in [0.2, 0.25) is 0 Å². The Kier molecular flexibility index (Phi) is 5.39. The van der Waals surface area contributed by atoms with Gasteiger partial charge in [0.05, 0.1) is 0 Å². The van der Waals surface area contributed by atoms with Gasteiger partial charge >= 0.3 is 0 Å². The first-order valence-electron chi connectivity index (χ1n) is 7.49. The summed E-state index contributed by atoms with van der Waals surface area (Å²) >= 11 is 0. The lowest BCUT2D eigenvalue weighted by Gasteiger charge is -2.15. The molecule has 1 nitrogen and oxygen atoms in total. The van der Waals surface area contributed by atoms with Gasteiger partial charge in [0.1, 0.15) is 0 Å². The molecule has 0 saturated carbocycles. The SMILES string of the molecule is C=C(/C=C\C)c1ccc(/C(NCC)=C2\C=CC=CC2)cc1. The summed E-state index contributed by atoms with van der Waals surface area (Å²) in [5.41, 5.74) is 5.99. The molecule has 0 fully saturated rings. The molecular weight excluding hydrogens is 254 g/mol. The summed E-state index contributed by atoms with van der Waals surface area (Å²) in [6.07, 6.45) is 13.6. The van der Waals surface area contributed by atoms with Crippen molar-refractivity contribution >= 4 is 11.3 Å². The van der Waals surface area contributed by atoms with E-state index in [1.165, 1.54) is 16.8 Å². The molecule has 1 heteroatoms. The normalized spacial score (nSPS) is 16.3. The molecule has 21 heavy (non-hydrogen) atoms. The van der Waals surface area contributed by atoms with Crippen molar-refractivity contribution in [3.05, 3.63) is 84.0 Å². The van der Waals surface area contributed by atoms with Crippen LogP contribution in [0.4, 0.5) is 0 Å². The Morgan fingerprint density at radius 3 is 2.48 bits per heavy atom. The van der Waals surface area contributed by atoms with Crippen LogP contribution in [-0.4, -0.2) is 6.54 Å². The number of hydrogen-bond acceptors (Lipinski definition) is 1. The van der Waals surface area contributed by atoms with Crippen LogP contribution < -0.4 is 5.32 Å². The zero-order valence-electron chi connectivity index (χ0n) is 12.9. The molecule has 2 rings (SSSR count). The maximum atomic E-state index is 4.08. The highest BCUT2D eigenvalue weighted by atomic mass is 14.9. The fourth-order valence-electron chi connectivity index (χ4n) is 2.42. The molecule has 0 amide bonds. The van der Waals surface area contributed by atoms with E-state index in [-0.39, 0.29) is 0 Å². The van der Waals surface area contributed by atoms with E-state index in [4.69, 9.17) is 0 Å². The molecular formula is C20H23N. The Hall–Kier alpha value is -2.28. The second-order valence-electron chi connectivity index (χ2n) is 5.02. The summed E-state index contributed by atoms with van der Waals surface area (Å²) in [5, 5.41) is 3.50. The quantitative estimate of drug-likeness (QED) is 0.737. The number of nitrogens with one attached hydrogen (secondary N) is 1. The van der Waals surface area contributed by atoms with Gasteiger partial charge < -0.3 is 5.32 Å². The Morgan fingerprint density at radius 2 is 1.90 bits per heavy atom. The average molecular weight is 277 g/mol. The number of allylic oxidation sites excluding steroid dienone is 8. The van der Waals surface area contributed by atoms with E-state index in [0.717, 1.165) is 24.1 Å².